The van der Waals surface area contributed by atoms with E-state index >= 15 is 0 Å². The maximum atomic E-state index is 10.3. The van der Waals surface area contributed by atoms with Gasteiger partial charge in [-0.25, -0.2) is 0 Å². The molecule has 2 nitrogen and oxygen atoms in total. The minimum Gasteiger partial charge on any atom is -0.393 e. The second-order valence-electron chi connectivity index (χ2n) is 13.3. The number of aliphatic hydroxyl groups excluding tert-OH is 1. The van der Waals surface area contributed by atoms with Crippen molar-refractivity contribution in [2.75, 3.05) is 6.54 Å². The third kappa shape index (κ3) is 2.54. The number of fused-ring (bicyclic) bond motifs is 9. The molecule has 0 unspecified atom stereocenters. The first-order chi connectivity index (χ1) is 13.8. The van der Waals surface area contributed by atoms with E-state index in [-0.39, 0.29) is 6.10 Å². The Kier molecular flexibility index (Phi) is 4.37. The van der Waals surface area contributed by atoms with Crippen molar-refractivity contribution in [1.82, 2.24) is 4.90 Å². The van der Waals surface area contributed by atoms with E-state index < -0.39 is 0 Å². The van der Waals surface area contributed by atoms with E-state index in [0.29, 0.717) is 10.8 Å². The van der Waals surface area contributed by atoms with Crippen molar-refractivity contribution in [1.29, 1.82) is 0 Å². The van der Waals surface area contributed by atoms with Gasteiger partial charge >= 0.3 is 0 Å². The first-order valence-corrected chi connectivity index (χ1v) is 13.3. The van der Waals surface area contributed by atoms with Gasteiger partial charge in [0.1, 0.15) is 0 Å². The van der Waals surface area contributed by atoms with Gasteiger partial charge in [0, 0.05) is 18.6 Å². The monoisotopic (exact) mass is 399 g/mol. The fourth-order valence-electron chi connectivity index (χ4n) is 11.0. The van der Waals surface area contributed by atoms with Crippen molar-refractivity contribution in [2.24, 2.45) is 52.3 Å². The molecule has 1 N–H and O–H groups in total. The molecule has 2 aliphatic heterocycles. The van der Waals surface area contributed by atoms with Crippen LogP contribution in [0.15, 0.2) is 0 Å². The summed E-state index contributed by atoms with van der Waals surface area (Å²) in [5.74, 6) is 6.47. The van der Waals surface area contributed by atoms with Crippen molar-refractivity contribution in [3.05, 3.63) is 0 Å². The van der Waals surface area contributed by atoms with E-state index in [1.54, 1.807) is 0 Å². The molecule has 4 saturated carbocycles. The fraction of sp³-hybridized carbons (Fsp3) is 1.00. The first kappa shape index (κ1) is 19.6. The topological polar surface area (TPSA) is 23.5 Å². The number of nitrogens with zero attached hydrogens (tertiary/aromatic N) is 1. The smallest absolute Gasteiger partial charge is 0.0543 e. The largest absolute Gasteiger partial charge is 0.393 e. The third-order valence-corrected chi connectivity index (χ3v) is 12.3. The molecule has 6 fully saturated rings. The standard InChI is InChI=1S/C27H45NO/c1-16-5-8-23-17(2)25-24(28(23)15-16)14-22-20-7-6-18-13-19(29)9-11-26(18,3)21(20)10-12-27(22,25)4/h16-25,29H,5-15H2,1-4H3/t16-,17-,18-,19-,20+,21-,22-,23+,24-,25-,26-,27-/m0/s1. The highest BCUT2D eigenvalue weighted by molar-refractivity contribution is 5.17. The fourth-order valence-corrected chi connectivity index (χ4v) is 11.0. The maximum Gasteiger partial charge on any atom is 0.0543 e. The van der Waals surface area contributed by atoms with Gasteiger partial charge < -0.3 is 5.11 Å². The van der Waals surface area contributed by atoms with Gasteiger partial charge in [0.2, 0.25) is 0 Å². The molecular formula is C27H45NO. The Labute approximate surface area is 179 Å². The summed E-state index contributed by atoms with van der Waals surface area (Å²) in [7, 11) is 0. The Bertz CT molecular complexity index is 663. The Balaban J connectivity index is 1.30. The average Bonchev–Trinajstić information content (AvgIpc) is 3.15. The molecule has 29 heavy (non-hydrogen) atoms. The Morgan fingerprint density at radius 2 is 1.59 bits per heavy atom. The lowest BCUT2D eigenvalue weighted by Gasteiger charge is -2.61. The van der Waals surface area contributed by atoms with Crippen LogP contribution in [-0.4, -0.2) is 34.7 Å². The molecule has 6 rings (SSSR count). The highest BCUT2D eigenvalue weighted by Gasteiger charge is 2.66. The molecule has 2 heteroatoms. The lowest BCUT2D eigenvalue weighted by Crippen LogP contribution is -2.54. The summed E-state index contributed by atoms with van der Waals surface area (Å²) in [5.41, 5.74) is 1.12. The first-order valence-electron chi connectivity index (χ1n) is 13.3. The normalized spacial score (nSPS) is 62.0. The molecule has 2 heterocycles. The van der Waals surface area contributed by atoms with Gasteiger partial charge in [-0.1, -0.05) is 27.7 Å². The predicted octanol–water partition coefficient (Wildman–Crippen LogP) is 5.73. The zero-order chi connectivity index (χ0) is 20.1. The summed E-state index contributed by atoms with van der Waals surface area (Å²) < 4.78 is 0. The van der Waals surface area contributed by atoms with Crippen LogP contribution in [0, 0.1) is 52.3 Å². The van der Waals surface area contributed by atoms with Crippen molar-refractivity contribution >= 4 is 0 Å². The summed E-state index contributed by atoms with van der Waals surface area (Å²) in [5, 5.41) is 10.3. The van der Waals surface area contributed by atoms with Crippen LogP contribution < -0.4 is 0 Å². The lowest BCUT2D eigenvalue weighted by atomic mass is 9.44. The molecule has 4 aliphatic carbocycles. The van der Waals surface area contributed by atoms with Crippen LogP contribution in [0.25, 0.3) is 0 Å². The third-order valence-electron chi connectivity index (χ3n) is 12.3. The van der Waals surface area contributed by atoms with Crippen LogP contribution >= 0.6 is 0 Å². The molecule has 0 amide bonds. The quantitative estimate of drug-likeness (QED) is 0.562. The number of hydrogen-bond donors (Lipinski definition) is 1. The molecule has 0 aromatic rings. The highest BCUT2D eigenvalue weighted by atomic mass is 16.3. The second kappa shape index (κ2) is 6.47. The van der Waals surface area contributed by atoms with E-state index in [2.05, 4.69) is 32.6 Å². The average molecular weight is 400 g/mol. The molecule has 12 atom stereocenters. The van der Waals surface area contributed by atoms with E-state index in [1.807, 2.05) is 0 Å². The summed E-state index contributed by atoms with van der Waals surface area (Å²) in [6, 6.07) is 1.79. The number of rotatable bonds is 0. The van der Waals surface area contributed by atoms with E-state index in [9.17, 15) is 5.11 Å². The van der Waals surface area contributed by atoms with Gasteiger partial charge in [0.25, 0.3) is 0 Å². The van der Waals surface area contributed by atoms with Crippen molar-refractivity contribution < 1.29 is 5.11 Å². The Hall–Kier alpha value is -0.0800. The van der Waals surface area contributed by atoms with Gasteiger partial charge in [-0.05, 0) is 116 Å². The molecule has 6 aliphatic rings. The molecule has 164 valence electrons. The van der Waals surface area contributed by atoms with Crippen LogP contribution in [0.3, 0.4) is 0 Å². The zero-order valence-electron chi connectivity index (χ0n) is 19.4. The predicted molar refractivity (Wildman–Crippen MR) is 118 cm³/mol. The summed E-state index contributed by atoms with van der Waals surface area (Å²) in [4.78, 5) is 3.03. The highest BCUT2D eigenvalue weighted by Crippen LogP contribution is 2.70. The van der Waals surface area contributed by atoms with Crippen molar-refractivity contribution in [2.45, 2.75) is 110 Å². The van der Waals surface area contributed by atoms with Gasteiger partial charge in [0.15, 0.2) is 0 Å². The van der Waals surface area contributed by atoms with Crippen LogP contribution in [0.4, 0.5) is 0 Å². The number of aliphatic hydroxyl groups is 1. The molecular weight excluding hydrogens is 354 g/mol. The Morgan fingerprint density at radius 3 is 2.41 bits per heavy atom. The minimum absolute atomic E-state index is 0.0109. The van der Waals surface area contributed by atoms with Gasteiger partial charge in [-0.15, -0.1) is 0 Å². The minimum atomic E-state index is -0.0109. The summed E-state index contributed by atoms with van der Waals surface area (Å²) >= 11 is 0. The second-order valence-corrected chi connectivity index (χ2v) is 13.3. The molecule has 2 saturated heterocycles. The molecule has 0 aromatic carbocycles. The number of hydrogen-bond acceptors (Lipinski definition) is 2. The van der Waals surface area contributed by atoms with Crippen molar-refractivity contribution in [3.8, 4) is 0 Å². The maximum absolute atomic E-state index is 10.3. The van der Waals surface area contributed by atoms with Crippen LogP contribution in [0.1, 0.15) is 91.9 Å². The van der Waals surface area contributed by atoms with Gasteiger partial charge in [-0.3, -0.25) is 4.90 Å². The summed E-state index contributed by atoms with van der Waals surface area (Å²) in [6.07, 6.45) is 13.7. The summed E-state index contributed by atoms with van der Waals surface area (Å²) in [6.45, 7) is 11.9. The lowest BCUT2D eigenvalue weighted by molar-refractivity contribution is -0.129. The molecule has 0 radical (unpaired) electrons. The zero-order valence-corrected chi connectivity index (χ0v) is 19.4. The van der Waals surface area contributed by atoms with E-state index in [4.69, 9.17) is 0 Å². The Morgan fingerprint density at radius 1 is 0.793 bits per heavy atom. The molecule has 0 bridgehead atoms. The number of piperidine rings is 1. The van der Waals surface area contributed by atoms with E-state index in [0.717, 1.165) is 66.4 Å². The van der Waals surface area contributed by atoms with Crippen molar-refractivity contribution in [3.63, 3.8) is 0 Å². The van der Waals surface area contributed by atoms with Crippen LogP contribution in [0.5, 0.6) is 0 Å². The van der Waals surface area contributed by atoms with Gasteiger partial charge in [0.05, 0.1) is 6.10 Å². The SMILES string of the molecule is C[C@H]1CC[C@@H]2[C@H](C)[C@H]3[C@H](C[C@H]4[C@@H]5CC[C@H]6C[C@@H](O)CC[C@]6(C)[C@H]5CC[C@]34C)N2C1. The molecule has 0 spiro atoms. The van der Waals surface area contributed by atoms with Crippen LogP contribution in [-0.2, 0) is 0 Å². The van der Waals surface area contributed by atoms with Crippen LogP contribution in [0.2, 0.25) is 0 Å². The molecule has 0 aromatic heterocycles. The van der Waals surface area contributed by atoms with Gasteiger partial charge in [-0.2, -0.15) is 0 Å². The van der Waals surface area contributed by atoms with E-state index in [1.165, 1.54) is 57.9 Å².